The van der Waals surface area contributed by atoms with Gasteiger partial charge in [-0.2, -0.15) is 0 Å². The monoisotopic (exact) mass is 285 g/mol. The molecule has 0 aromatic heterocycles. The maximum atomic E-state index is 10.0. The second-order valence-corrected chi connectivity index (χ2v) is 5.52. The molecule has 2 aromatic rings. The quantitative estimate of drug-likeness (QED) is 0.765. The van der Waals surface area contributed by atoms with Crippen molar-refractivity contribution in [3.8, 4) is 5.75 Å². The zero-order valence-corrected chi connectivity index (χ0v) is 12.6. The van der Waals surface area contributed by atoms with E-state index in [1.807, 2.05) is 44.2 Å². The van der Waals surface area contributed by atoms with Crippen molar-refractivity contribution in [3.05, 3.63) is 65.2 Å². The number of hydrogen-bond donors (Lipinski definition) is 3. The third-order valence-electron chi connectivity index (χ3n) is 3.68. The molecule has 3 heteroatoms. The minimum absolute atomic E-state index is 0.0218. The standard InChI is InChI=1S/C18H23NO2/c1-13-8-9-17(18(21)10-13)14(2)19-16(12-20)11-15-6-4-3-5-7-15/h3-10,14,16,19-21H,11-12H2,1-2H3. The number of rotatable bonds is 6. The third kappa shape index (κ3) is 4.31. The molecular formula is C18H23NO2. The molecule has 2 unspecified atom stereocenters. The number of aromatic hydroxyl groups is 1. The lowest BCUT2D eigenvalue weighted by atomic mass is 10.0. The van der Waals surface area contributed by atoms with E-state index in [1.54, 1.807) is 6.07 Å². The molecule has 0 saturated heterocycles. The number of benzene rings is 2. The van der Waals surface area contributed by atoms with Gasteiger partial charge < -0.3 is 15.5 Å². The first-order valence-electron chi connectivity index (χ1n) is 7.30. The lowest BCUT2D eigenvalue weighted by Gasteiger charge is -2.23. The highest BCUT2D eigenvalue weighted by Crippen LogP contribution is 2.25. The average molecular weight is 285 g/mol. The van der Waals surface area contributed by atoms with E-state index >= 15 is 0 Å². The molecule has 21 heavy (non-hydrogen) atoms. The summed E-state index contributed by atoms with van der Waals surface area (Å²) in [5.41, 5.74) is 3.07. The van der Waals surface area contributed by atoms with Gasteiger partial charge in [0.05, 0.1) is 6.61 Å². The lowest BCUT2D eigenvalue weighted by molar-refractivity contribution is 0.232. The number of aliphatic hydroxyl groups excluding tert-OH is 1. The average Bonchev–Trinajstić information content (AvgIpc) is 2.47. The second kappa shape index (κ2) is 7.25. The molecule has 0 amide bonds. The molecule has 0 radical (unpaired) electrons. The summed E-state index contributed by atoms with van der Waals surface area (Å²) in [6.07, 6.45) is 0.758. The highest BCUT2D eigenvalue weighted by molar-refractivity contribution is 5.37. The third-order valence-corrected chi connectivity index (χ3v) is 3.68. The van der Waals surface area contributed by atoms with Gasteiger partial charge in [-0.25, -0.2) is 0 Å². The van der Waals surface area contributed by atoms with Crippen LogP contribution in [0.25, 0.3) is 0 Å². The van der Waals surface area contributed by atoms with E-state index in [9.17, 15) is 10.2 Å². The predicted octanol–water partition coefficient (Wildman–Crippen LogP) is 2.95. The van der Waals surface area contributed by atoms with E-state index in [4.69, 9.17) is 0 Å². The minimum Gasteiger partial charge on any atom is -0.508 e. The van der Waals surface area contributed by atoms with Crippen molar-refractivity contribution in [1.29, 1.82) is 0 Å². The molecule has 0 heterocycles. The summed E-state index contributed by atoms with van der Waals surface area (Å²) in [5.74, 6) is 0.298. The van der Waals surface area contributed by atoms with Crippen LogP contribution in [0, 0.1) is 6.92 Å². The summed E-state index contributed by atoms with van der Waals surface area (Å²) in [6.45, 7) is 4.01. The highest BCUT2D eigenvalue weighted by atomic mass is 16.3. The van der Waals surface area contributed by atoms with Crippen molar-refractivity contribution in [2.45, 2.75) is 32.4 Å². The zero-order valence-electron chi connectivity index (χ0n) is 12.6. The van der Waals surface area contributed by atoms with E-state index in [1.165, 1.54) is 5.56 Å². The van der Waals surface area contributed by atoms with Gasteiger partial charge in [0, 0.05) is 17.6 Å². The molecule has 2 atom stereocenters. The largest absolute Gasteiger partial charge is 0.508 e. The summed E-state index contributed by atoms with van der Waals surface area (Å²) < 4.78 is 0. The van der Waals surface area contributed by atoms with E-state index in [2.05, 4.69) is 17.4 Å². The van der Waals surface area contributed by atoms with E-state index in [0.29, 0.717) is 5.75 Å². The Morgan fingerprint density at radius 2 is 1.81 bits per heavy atom. The summed E-state index contributed by atoms with van der Waals surface area (Å²) in [4.78, 5) is 0. The molecule has 0 spiro atoms. The van der Waals surface area contributed by atoms with Gasteiger partial charge in [-0.3, -0.25) is 0 Å². The minimum atomic E-state index is -0.0388. The van der Waals surface area contributed by atoms with Gasteiger partial charge in [0.2, 0.25) is 0 Å². The lowest BCUT2D eigenvalue weighted by Crippen LogP contribution is -2.36. The fraction of sp³-hybridized carbons (Fsp3) is 0.333. The number of phenolic OH excluding ortho intramolecular Hbond substituents is 1. The second-order valence-electron chi connectivity index (χ2n) is 5.52. The first-order valence-corrected chi connectivity index (χ1v) is 7.30. The van der Waals surface area contributed by atoms with Crippen LogP contribution in [0.15, 0.2) is 48.5 Å². The molecule has 0 bridgehead atoms. The Labute approximate surface area is 126 Å². The molecule has 0 fully saturated rings. The van der Waals surface area contributed by atoms with Crippen LogP contribution in [0.4, 0.5) is 0 Å². The maximum absolute atomic E-state index is 10.0. The first kappa shape index (κ1) is 15.5. The van der Waals surface area contributed by atoms with Crippen LogP contribution >= 0.6 is 0 Å². The number of nitrogens with one attached hydrogen (secondary N) is 1. The molecule has 0 aliphatic carbocycles. The Hall–Kier alpha value is -1.84. The van der Waals surface area contributed by atoms with Gasteiger partial charge in [0.1, 0.15) is 5.75 Å². The normalized spacial score (nSPS) is 13.9. The van der Waals surface area contributed by atoms with Crippen molar-refractivity contribution in [3.63, 3.8) is 0 Å². The van der Waals surface area contributed by atoms with Crippen molar-refractivity contribution >= 4 is 0 Å². The highest BCUT2D eigenvalue weighted by Gasteiger charge is 2.15. The van der Waals surface area contributed by atoms with Crippen LogP contribution in [-0.2, 0) is 6.42 Å². The van der Waals surface area contributed by atoms with Crippen molar-refractivity contribution in [2.75, 3.05) is 6.61 Å². The topological polar surface area (TPSA) is 52.5 Å². The van der Waals surface area contributed by atoms with Gasteiger partial charge >= 0.3 is 0 Å². The van der Waals surface area contributed by atoms with Crippen molar-refractivity contribution < 1.29 is 10.2 Å². The van der Waals surface area contributed by atoms with Crippen LogP contribution in [0.3, 0.4) is 0 Å². The first-order chi connectivity index (χ1) is 10.1. The molecule has 3 N–H and O–H groups in total. The molecule has 3 nitrogen and oxygen atoms in total. The number of phenols is 1. The fourth-order valence-electron chi connectivity index (χ4n) is 2.54. The Bertz CT molecular complexity index is 569. The predicted molar refractivity (Wildman–Crippen MR) is 85.4 cm³/mol. The SMILES string of the molecule is Cc1ccc(C(C)NC(CO)Cc2ccccc2)c(O)c1. The summed E-state index contributed by atoms with van der Waals surface area (Å²) in [7, 11) is 0. The molecule has 112 valence electrons. The van der Waals surface area contributed by atoms with Gasteiger partial charge in [-0.1, -0.05) is 42.5 Å². The number of aryl methyl sites for hydroxylation is 1. The fourth-order valence-corrected chi connectivity index (χ4v) is 2.54. The van der Waals surface area contributed by atoms with Crippen LogP contribution in [0.1, 0.15) is 29.7 Å². The Morgan fingerprint density at radius 1 is 1.10 bits per heavy atom. The van der Waals surface area contributed by atoms with E-state index < -0.39 is 0 Å². The van der Waals surface area contributed by atoms with Gasteiger partial charge in [0.15, 0.2) is 0 Å². The number of aliphatic hydroxyl groups is 1. The molecule has 0 aliphatic rings. The molecule has 2 rings (SSSR count). The van der Waals surface area contributed by atoms with Gasteiger partial charge in [-0.15, -0.1) is 0 Å². The smallest absolute Gasteiger partial charge is 0.120 e. The molecule has 2 aromatic carbocycles. The van der Waals surface area contributed by atoms with Crippen molar-refractivity contribution in [1.82, 2.24) is 5.32 Å². The van der Waals surface area contributed by atoms with Gasteiger partial charge in [0.25, 0.3) is 0 Å². The maximum Gasteiger partial charge on any atom is 0.120 e. The Kier molecular flexibility index (Phi) is 5.37. The summed E-state index contributed by atoms with van der Waals surface area (Å²) in [6, 6.07) is 15.7. The number of hydrogen-bond acceptors (Lipinski definition) is 3. The van der Waals surface area contributed by atoms with Crippen LogP contribution in [-0.4, -0.2) is 22.9 Å². The van der Waals surface area contributed by atoms with Crippen LogP contribution in [0.5, 0.6) is 5.75 Å². The van der Waals surface area contributed by atoms with E-state index in [0.717, 1.165) is 17.5 Å². The van der Waals surface area contributed by atoms with Crippen molar-refractivity contribution in [2.24, 2.45) is 0 Å². The molecule has 0 saturated carbocycles. The Morgan fingerprint density at radius 3 is 2.43 bits per heavy atom. The van der Waals surface area contributed by atoms with Crippen LogP contribution in [0.2, 0.25) is 0 Å². The summed E-state index contributed by atoms with van der Waals surface area (Å²) in [5, 5.41) is 23.0. The molecule has 0 aliphatic heterocycles. The van der Waals surface area contributed by atoms with Gasteiger partial charge in [-0.05, 0) is 37.5 Å². The molecular weight excluding hydrogens is 262 g/mol. The zero-order chi connectivity index (χ0) is 15.2. The van der Waals surface area contributed by atoms with Crippen LogP contribution < -0.4 is 5.32 Å². The summed E-state index contributed by atoms with van der Waals surface area (Å²) >= 11 is 0. The van der Waals surface area contributed by atoms with E-state index in [-0.39, 0.29) is 18.7 Å². The Balaban J connectivity index is 2.04.